The van der Waals surface area contributed by atoms with E-state index in [0.717, 1.165) is 100 Å². The van der Waals surface area contributed by atoms with Crippen molar-refractivity contribution in [1.29, 1.82) is 0 Å². The Hall–Kier alpha value is -0.760. The third kappa shape index (κ3) is 15.7. The third-order valence-corrected chi connectivity index (χ3v) is 17.0. The van der Waals surface area contributed by atoms with Crippen LogP contribution in [0.15, 0.2) is 23.3 Å². The van der Waals surface area contributed by atoms with E-state index in [1.807, 2.05) is 5.57 Å². The maximum Gasteiger partial charge on any atom is 0.0821 e. The van der Waals surface area contributed by atoms with Crippen LogP contribution in [0.4, 0.5) is 0 Å². The number of morpholine rings is 1. The summed E-state index contributed by atoms with van der Waals surface area (Å²) in [5.41, 5.74) is 4.03. The molecule has 0 spiro atoms. The van der Waals surface area contributed by atoms with E-state index in [-0.39, 0.29) is 6.10 Å². The van der Waals surface area contributed by atoms with Gasteiger partial charge >= 0.3 is 0 Å². The molecule has 3 saturated carbocycles. The van der Waals surface area contributed by atoms with Crippen molar-refractivity contribution in [3.8, 4) is 0 Å². The topological polar surface area (TPSA) is 49.4 Å². The van der Waals surface area contributed by atoms with Crippen LogP contribution in [0.5, 0.6) is 0 Å². The van der Waals surface area contributed by atoms with Crippen molar-refractivity contribution in [1.82, 2.24) is 4.90 Å². The first-order valence-corrected chi connectivity index (χ1v) is 27.0. The van der Waals surface area contributed by atoms with Gasteiger partial charge in [0.05, 0.1) is 58.5 Å². The first kappa shape index (κ1) is 49.7. The molecule has 0 N–H and O–H groups in total. The van der Waals surface area contributed by atoms with Gasteiger partial charge < -0.3 is 23.7 Å². The predicted molar refractivity (Wildman–Crippen MR) is 254 cm³/mol. The molecule has 0 radical (unpaired) electrons. The lowest BCUT2D eigenvalue weighted by Crippen LogP contribution is -2.48. The van der Waals surface area contributed by atoms with Gasteiger partial charge in [-0.15, -0.1) is 0 Å². The van der Waals surface area contributed by atoms with E-state index in [0.29, 0.717) is 44.6 Å². The lowest BCUT2D eigenvalue weighted by atomic mass is 9.50. The minimum Gasteiger partial charge on any atom is -0.379 e. The fraction of sp³-hybridized carbons (Fsp3) is 0.927. The van der Waals surface area contributed by atoms with Crippen LogP contribution in [0.1, 0.15) is 195 Å². The van der Waals surface area contributed by atoms with Gasteiger partial charge in [0.2, 0.25) is 0 Å². The molecule has 5 bridgehead atoms. The minimum atomic E-state index is 0.113. The predicted octanol–water partition coefficient (Wildman–Crippen LogP) is 13.6. The molecule has 3 heterocycles. The van der Waals surface area contributed by atoms with E-state index in [2.05, 4.69) is 44.7 Å². The van der Waals surface area contributed by atoms with Crippen LogP contribution in [0.25, 0.3) is 0 Å². The van der Waals surface area contributed by atoms with E-state index in [4.69, 9.17) is 23.7 Å². The first-order valence-electron chi connectivity index (χ1n) is 27.0. The summed E-state index contributed by atoms with van der Waals surface area (Å²) in [4.78, 5) is 2.50. The molecular formula is C55H97NO5. The number of fused-ring (bicyclic) bond motifs is 21. The van der Waals surface area contributed by atoms with Gasteiger partial charge in [-0.05, 0) is 143 Å². The molecule has 1 saturated heterocycles. The number of unbranched alkanes of at least 4 members (excludes halogenated alkanes) is 5. The van der Waals surface area contributed by atoms with E-state index in [9.17, 15) is 0 Å². The van der Waals surface area contributed by atoms with Crippen LogP contribution >= 0.6 is 0 Å². The molecule has 6 heteroatoms. The van der Waals surface area contributed by atoms with E-state index in [1.165, 1.54) is 148 Å². The van der Waals surface area contributed by atoms with Crippen molar-refractivity contribution in [2.75, 3.05) is 72.5 Å². The molecule has 0 aromatic rings. The summed E-state index contributed by atoms with van der Waals surface area (Å²) in [7, 11) is 0. The summed E-state index contributed by atoms with van der Waals surface area (Å²) in [5, 5.41) is 0. The number of rotatable bonds is 14. The van der Waals surface area contributed by atoms with Gasteiger partial charge in [0.25, 0.3) is 0 Å². The van der Waals surface area contributed by atoms with Crippen LogP contribution < -0.4 is 0 Å². The molecule has 4 aliphatic carbocycles. The van der Waals surface area contributed by atoms with Crippen molar-refractivity contribution in [2.24, 2.45) is 46.8 Å². The quantitative estimate of drug-likeness (QED) is 0.0986. The molecule has 3 unspecified atom stereocenters. The second-order valence-corrected chi connectivity index (χ2v) is 21.6. The molecule has 9 atom stereocenters. The van der Waals surface area contributed by atoms with Crippen LogP contribution in [0.3, 0.4) is 0 Å². The van der Waals surface area contributed by atoms with Gasteiger partial charge in [-0.3, -0.25) is 4.90 Å². The smallest absolute Gasteiger partial charge is 0.0821 e. The largest absolute Gasteiger partial charge is 0.379 e. The molecule has 3 aliphatic heterocycles. The van der Waals surface area contributed by atoms with Crippen LogP contribution in [-0.4, -0.2) is 89.6 Å². The molecule has 7 aliphatic rings. The Labute approximate surface area is 376 Å². The van der Waals surface area contributed by atoms with Gasteiger partial charge in [0.1, 0.15) is 0 Å². The molecule has 0 amide bonds. The molecule has 0 aromatic carbocycles. The van der Waals surface area contributed by atoms with Gasteiger partial charge in [0.15, 0.2) is 0 Å². The summed E-state index contributed by atoms with van der Waals surface area (Å²) in [6.45, 7) is 18.8. The third-order valence-electron chi connectivity index (χ3n) is 17.0. The number of hydrogen-bond acceptors (Lipinski definition) is 6. The maximum absolute atomic E-state index is 6.55. The Kier molecular flexibility index (Phi) is 22.5. The monoisotopic (exact) mass is 852 g/mol. The maximum atomic E-state index is 6.55. The zero-order chi connectivity index (χ0) is 42.5. The van der Waals surface area contributed by atoms with Crippen molar-refractivity contribution < 1.29 is 23.7 Å². The Balaban J connectivity index is 1.11. The van der Waals surface area contributed by atoms with E-state index in [1.54, 1.807) is 5.57 Å². The first-order chi connectivity index (χ1) is 30.0. The summed E-state index contributed by atoms with van der Waals surface area (Å²) < 4.78 is 30.9. The second kappa shape index (κ2) is 27.7. The summed E-state index contributed by atoms with van der Waals surface area (Å²) in [6.07, 6.45) is 41.2. The molecule has 7 rings (SSSR count). The normalized spacial score (nSPS) is 35.6. The molecule has 6 nitrogen and oxygen atoms in total. The van der Waals surface area contributed by atoms with Crippen molar-refractivity contribution in [3.05, 3.63) is 23.3 Å². The molecule has 0 aromatic heterocycles. The van der Waals surface area contributed by atoms with Crippen molar-refractivity contribution in [2.45, 2.75) is 207 Å². The van der Waals surface area contributed by atoms with Crippen LogP contribution in [0, 0.1) is 46.8 Å². The highest BCUT2D eigenvalue weighted by atomic mass is 16.6. The van der Waals surface area contributed by atoms with E-state index < -0.39 is 0 Å². The molecular weight excluding hydrogens is 755 g/mol. The Morgan fingerprint density at radius 2 is 1.39 bits per heavy atom. The van der Waals surface area contributed by atoms with E-state index >= 15 is 0 Å². The summed E-state index contributed by atoms with van der Waals surface area (Å²) >= 11 is 0. The van der Waals surface area contributed by atoms with Crippen molar-refractivity contribution in [3.63, 3.8) is 0 Å². The Morgan fingerprint density at radius 3 is 2.23 bits per heavy atom. The van der Waals surface area contributed by atoms with Gasteiger partial charge in [-0.25, -0.2) is 0 Å². The zero-order valence-electron chi connectivity index (χ0n) is 40.5. The Bertz CT molecular complexity index is 1240. The van der Waals surface area contributed by atoms with Crippen LogP contribution in [0.2, 0.25) is 0 Å². The van der Waals surface area contributed by atoms with Gasteiger partial charge in [-0.1, -0.05) is 122 Å². The average molecular weight is 852 g/mol. The average Bonchev–Trinajstić information content (AvgIpc) is 3.70. The molecule has 61 heavy (non-hydrogen) atoms. The molecule has 4 fully saturated rings. The summed E-state index contributed by atoms with van der Waals surface area (Å²) in [5.74, 6) is 6.23. The van der Waals surface area contributed by atoms with Gasteiger partial charge in [0, 0.05) is 26.2 Å². The highest BCUT2D eigenvalue weighted by Gasteiger charge is 2.55. The Morgan fingerprint density at radius 1 is 0.672 bits per heavy atom. The van der Waals surface area contributed by atoms with Crippen LogP contribution in [-0.2, 0) is 23.7 Å². The molecule has 352 valence electrons. The summed E-state index contributed by atoms with van der Waals surface area (Å²) in [6, 6.07) is 0. The standard InChI is InChI=1S/C55H97NO5/c1-5-6-7-8-12-15-20-45-21-16-13-10-9-11-14-17-35-59-43-48(30-32-56-33-36-57-37-34-56)61-41-39-58-38-40-60-47-29-31-55(4)46(42-47)23-24-53-52-26-25-50(51(52)27-28-54(53)55)49(45)22-18-19-44(2)3/h21,23,44,47-54H,5-20,22,24-43H2,1-4H3/b45-21+/t47?,48?,49-,50+,51?,52+,53-,54-,55-/m0/s1. The highest BCUT2D eigenvalue weighted by Crippen LogP contribution is 2.63. The number of ether oxygens (including phenoxy) is 5. The zero-order valence-corrected chi connectivity index (χ0v) is 40.5. The lowest BCUT2D eigenvalue weighted by Gasteiger charge is -2.56. The SMILES string of the molecule is CCCCCCCC/C1=C\CCCCCCCCOCC(CCN2CCOCC2)OCCOCCOC2CC[C@@]3(C)C(=CC[C@H]4[C@@H]5CC[C@@H](C5CC[C@@H]43)[C@H]1CCCC(C)C)C2. The minimum absolute atomic E-state index is 0.113. The van der Waals surface area contributed by atoms with Crippen molar-refractivity contribution >= 4 is 0 Å². The number of hydrogen-bond donors (Lipinski definition) is 0. The number of nitrogens with zero attached hydrogens (tertiary/aromatic N) is 1. The number of allylic oxidation sites excluding steroid dienone is 3. The second-order valence-electron chi connectivity index (χ2n) is 21.6. The highest BCUT2D eigenvalue weighted by molar-refractivity contribution is 5.25. The van der Waals surface area contributed by atoms with Gasteiger partial charge in [-0.2, -0.15) is 0 Å². The fourth-order valence-corrected chi connectivity index (χ4v) is 13.5. The fourth-order valence-electron chi connectivity index (χ4n) is 13.5. The lowest BCUT2D eigenvalue weighted by molar-refractivity contribution is -0.0631.